The fraction of sp³-hybridized carbons (Fsp3) is 0. The van der Waals surface area contributed by atoms with E-state index in [4.69, 9.17) is 28.9 Å². The average molecular weight is 281 g/mol. The van der Waals surface area contributed by atoms with Crippen molar-refractivity contribution in [2.45, 2.75) is 0 Å². The number of amides is 1. The Kier molecular flexibility index (Phi) is 3.75. The van der Waals surface area contributed by atoms with Crippen molar-refractivity contribution in [2.75, 3.05) is 11.1 Å². The summed E-state index contributed by atoms with van der Waals surface area (Å²) in [5, 5.41) is 3.55. The maximum Gasteiger partial charge on any atom is 0.255 e. The summed E-state index contributed by atoms with van der Waals surface area (Å²) < 4.78 is 0. The quantitative estimate of drug-likeness (QED) is 0.822. The fourth-order valence-corrected chi connectivity index (χ4v) is 1.76. The number of nitrogens with one attached hydrogen (secondary N) is 1. The molecule has 3 N–H and O–H groups in total. The third kappa shape index (κ3) is 2.94. The second-order valence-electron chi connectivity index (χ2n) is 3.71. The molecule has 2 rings (SSSR count). The lowest BCUT2D eigenvalue weighted by molar-refractivity contribution is 0.102. The highest BCUT2D eigenvalue weighted by molar-refractivity contribution is 6.42. The zero-order valence-electron chi connectivity index (χ0n) is 9.28. The van der Waals surface area contributed by atoms with E-state index >= 15 is 0 Å². The number of hydrogen-bond donors (Lipinski definition) is 2. The van der Waals surface area contributed by atoms with Crippen LogP contribution in [0.4, 0.5) is 11.4 Å². The summed E-state index contributed by atoms with van der Waals surface area (Å²) in [6, 6.07) is 11.6. The summed E-state index contributed by atoms with van der Waals surface area (Å²) >= 11 is 11.7. The lowest BCUT2D eigenvalue weighted by Gasteiger charge is -2.06. The van der Waals surface area contributed by atoms with E-state index < -0.39 is 0 Å². The molecule has 0 bridgehead atoms. The molecule has 0 spiro atoms. The highest BCUT2D eigenvalue weighted by Crippen LogP contribution is 2.25. The second-order valence-corrected chi connectivity index (χ2v) is 4.52. The zero-order chi connectivity index (χ0) is 13.1. The first-order valence-electron chi connectivity index (χ1n) is 5.18. The predicted molar refractivity (Wildman–Crippen MR) is 75.3 cm³/mol. The Morgan fingerprint density at radius 1 is 1.06 bits per heavy atom. The van der Waals surface area contributed by atoms with Crippen molar-refractivity contribution in [1.82, 2.24) is 0 Å². The predicted octanol–water partition coefficient (Wildman–Crippen LogP) is 3.83. The first-order chi connectivity index (χ1) is 8.56. The van der Waals surface area contributed by atoms with Gasteiger partial charge in [0.15, 0.2) is 0 Å². The van der Waals surface area contributed by atoms with E-state index in [0.29, 0.717) is 27.0 Å². The van der Waals surface area contributed by atoms with Gasteiger partial charge in [0, 0.05) is 16.9 Å². The van der Waals surface area contributed by atoms with Crippen LogP contribution in [0, 0.1) is 0 Å². The lowest BCUT2D eigenvalue weighted by atomic mass is 10.2. The van der Waals surface area contributed by atoms with Crippen LogP contribution in [0.15, 0.2) is 42.5 Å². The highest BCUT2D eigenvalue weighted by atomic mass is 35.5. The minimum absolute atomic E-state index is 0.249. The Bertz CT molecular complexity index is 599. The van der Waals surface area contributed by atoms with Gasteiger partial charge in [-0.25, -0.2) is 0 Å². The van der Waals surface area contributed by atoms with E-state index in [-0.39, 0.29) is 5.91 Å². The molecule has 5 heteroatoms. The Labute approximate surface area is 115 Å². The Morgan fingerprint density at radius 3 is 2.50 bits per heavy atom. The number of nitrogen functional groups attached to an aromatic ring is 1. The number of carbonyl (C=O) groups excluding carboxylic acids is 1. The molecule has 1 amide bonds. The van der Waals surface area contributed by atoms with E-state index in [0.717, 1.165) is 0 Å². The number of halogens is 2. The summed E-state index contributed by atoms with van der Waals surface area (Å²) in [6.45, 7) is 0. The van der Waals surface area contributed by atoms with Gasteiger partial charge in [0.1, 0.15) is 0 Å². The van der Waals surface area contributed by atoms with Gasteiger partial charge in [-0.3, -0.25) is 4.79 Å². The molecule has 0 aromatic heterocycles. The summed E-state index contributed by atoms with van der Waals surface area (Å²) in [5.41, 5.74) is 7.22. The molecule has 2 aromatic rings. The molecule has 0 saturated heterocycles. The minimum Gasteiger partial charge on any atom is -0.399 e. The highest BCUT2D eigenvalue weighted by Gasteiger charge is 2.07. The molecule has 0 aliphatic rings. The van der Waals surface area contributed by atoms with Crippen molar-refractivity contribution in [3.8, 4) is 0 Å². The molecule has 2 aromatic carbocycles. The van der Waals surface area contributed by atoms with Crippen molar-refractivity contribution in [2.24, 2.45) is 0 Å². The standard InChI is InChI=1S/C13H10Cl2N2O/c14-11-5-4-10(7-12(11)15)17-13(18)8-2-1-3-9(16)6-8/h1-7H,16H2,(H,17,18). The Morgan fingerprint density at radius 2 is 1.83 bits per heavy atom. The third-order valence-electron chi connectivity index (χ3n) is 2.33. The van der Waals surface area contributed by atoms with Crippen molar-refractivity contribution < 1.29 is 4.79 Å². The molecule has 0 unspecified atom stereocenters. The van der Waals surface area contributed by atoms with Crippen molar-refractivity contribution in [1.29, 1.82) is 0 Å². The van der Waals surface area contributed by atoms with Crippen molar-refractivity contribution in [3.05, 3.63) is 58.1 Å². The van der Waals surface area contributed by atoms with E-state index in [1.165, 1.54) is 0 Å². The molecule has 3 nitrogen and oxygen atoms in total. The van der Waals surface area contributed by atoms with E-state index in [9.17, 15) is 4.79 Å². The van der Waals surface area contributed by atoms with Gasteiger partial charge in [0.05, 0.1) is 10.0 Å². The minimum atomic E-state index is -0.249. The molecule has 0 radical (unpaired) electrons. The largest absolute Gasteiger partial charge is 0.399 e. The molecular weight excluding hydrogens is 271 g/mol. The van der Waals surface area contributed by atoms with E-state index in [1.54, 1.807) is 42.5 Å². The van der Waals surface area contributed by atoms with Crippen LogP contribution < -0.4 is 11.1 Å². The molecule has 0 saturated carbocycles. The van der Waals surface area contributed by atoms with Crippen LogP contribution in [0.25, 0.3) is 0 Å². The Balaban J connectivity index is 2.18. The molecule has 0 fully saturated rings. The summed E-state index contributed by atoms with van der Waals surface area (Å²) in [6.07, 6.45) is 0. The van der Waals surface area contributed by atoms with Gasteiger partial charge >= 0.3 is 0 Å². The second kappa shape index (κ2) is 5.29. The van der Waals surface area contributed by atoms with Gasteiger partial charge < -0.3 is 11.1 Å². The summed E-state index contributed by atoms with van der Waals surface area (Å²) in [5.74, 6) is -0.249. The van der Waals surface area contributed by atoms with E-state index in [1.807, 2.05) is 0 Å². The maximum atomic E-state index is 11.9. The SMILES string of the molecule is Nc1cccc(C(=O)Nc2ccc(Cl)c(Cl)c2)c1. The van der Waals surface area contributed by atoms with Crippen LogP contribution in [0.5, 0.6) is 0 Å². The smallest absolute Gasteiger partial charge is 0.255 e. The van der Waals surface area contributed by atoms with Gasteiger partial charge in [-0.15, -0.1) is 0 Å². The van der Waals surface area contributed by atoms with Gasteiger partial charge in [0.2, 0.25) is 0 Å². The van der Waals surface area contributed by atoms with Gasteiger partial charge in [-0.2, -0.15) is 0 Å². The topological polar surface area (TPSA) is 55.1 Å². The van der Waals surface area contributed by atoms with E-state index in [2.05, 4.69) is 5.32 Å². The number of hydrogen-bond acceptors (Lipinski definition) is 2. The molecule has 0 atom stereocenters. The summed E-state index contributed by atoms with van der Waals surface area (Å²) in [4.78, 5) is 11.9. The van der Waals surface area contributed by atoms with Crippen LogP contribution >= 0.6 is 23.2 Å². The van der Waals surface area contributed by atoms with Crippen molar-refractivity contribution in [3.63, 3.8) is 0 Å². The van der Waals surface area contributed by atoms with Crippen LogP contribution in [0.2, 0.25) is 10.0 Å². The van der Waals surface area contributed by atoms with Gasteiger partial charge in [-0.1, -0.05) is 29.3 Å². The zero-order valence-corrected chi connectivity index (χ0v) is 10.8. The van der Waals surface area contributed by atoms with Crippen molar-refractivity contribution >= 4 is 40.5 Å². The average Bonchev–Trinajstić information content (AvgIpc) is 2.34. The third-order valence-corrected chi connectivity index (χ3v) is 3.07. The Hall–Kier alpha value is -1.71. The molecule has 0 heterocycles. The monoisotopic (exact) mass is 280 g/mol. The first-order valence-corrected chi connectivity index (χ1v) is 5.94. The maximum absolute atomic E-state index is 11.9. The molecule has 92 valence electrons. The molecule has 0 aliphatic heterocycles. The number of anilines is 2. The number of rotatable bonds is 2. The molecular formula is C13H10Cl2N2O. The normalized spacial score (nSPS) is 10.1. The molecule has 18 heavy (non-hydrogen) atoms. The van der Waals surface area contributed by atoms with Crippen LogP contribution in [-0.2, 0) is 0 Å². The van der Waals surface area contributed by atoms with Crippen LogP contribution in [0.1, 0.15) is 10.4 Å². The summed E-state index contributed by atoms with van der Waals surface area (Å²) in [7, 11) is 0. The van der Waals surface area contributed by atoms with Crippen LogP contribution in [-0.4, -0.2) is 5.91 Å². The van der Waals surface area contributed by atoms with Crippen LogP contribution in [0.3, 0.4) is 0 Å². The fourth-order valence-electron chi connectivity index (χ4n) is 1.46. The molecule has 0 aliphatic carbocycles. The van der Waals surface area contributed by atoms with Gasteiger partial charge in [0.25, 0.3) is 5.91 Å². The number of nitrogens with two attached hydrogens (primary N) is 1. The lowest BCUT2D eigenvalue weighted by Crippen LogP contribution is -2.12. The number of benzene rings is 2. The van der Waals surface area contributed by atoms with Gasteiger partial charge in [-0.05, 0) is 36.4 Å². The number of carbonyl (C=O) groups is 1. The first kappa shape index (κ1) is 12.7.